The zero-order valence-electron chi connectivity index (χ0n) is 14.3. The molecule has 7 nitrogen and oxygen atoms in total. The number of likely N-dealkylation sites (tertiary alicyclic amines) is 1. The number of piperidine rings is 1. The van der Waals surface area contributed by atoms with Crippen molar-refractivity contribution in [3.05, 3.63) is 24.3 Å². The summed E-state index contributed by atoms with van der Waals surface area (Å²) in [5.41, 5.74) is -0.0857. The summed E-state index contributed by atoms with van der Waals surface area (Å²) in [7, 11) is 1.18. The highest BCUT2D eigenvalue weighted by Gasteiger charge is 2.37. The van der Waals surface area contributed by atoms with Gasteiger partial charge in [-0.3, -0.25) is 9.59 Å². The molecular weight excluding hydrogens is 314 g/mol. The van der Waals surface area contributed by atoms with E-state index in [1.165, 1.54) is 25.9 Å². The molecule has 1 saturated heterocycles. The molecule has 1 heterocycles. The predicted molar refractivity (Wildman–Crippen MR) is 85.9 cm³/mol. The summed E-state index contributed by atoms with van der Waals surface area (Å²) < 4.78 is 9.28. The van der Waals surface area contributed by atoms with Crippen molar-refractivity contribution >= 4 is 23.6 Å². The Kier molecular flexibility index (Phi) is 6.88. The summed E-state index contributed by atoms with van der Waals surface area (Å²) in [6.45, 7) is 7.62. The van der Waals surface area contributed by atoms with E-state index in [0.29, 0.717) is 25.9 Å². The van der Waals surface area contributed by atoms with Crippen molar-refractivity contribution < 1.29 is 28.7 Å². The summed E-state index contributed by atoms with van der Waals surface area (Å²) in [5, 5.41) is 0. The Bertz CT molecular complexity index is 566. The lowest BCUT2D eigenvalue weighted by molar-refractivity contribution is -0.154. The molecule has 0 bridgehead atoms. The van der Waals surface area contributed by atoms with Crippen LogP contribution in [0.2, 0.25) is 0 Å². The Labute approximate surface area is 141 Å². The van der Waals surface area contributed by atoms with Crippen LogP contribution in [0.1, 0.15) is 26.7 Å². The minimum Gasteiger partial charge on any atom is -0.466 e. The van der Waals surface area contributed by atoms with Crippen LogP contribution in [0, 0.1) is 5.41 Å². The Morgan fingerprint density at radius 1 is 1.12 bits per heavy atom. The molecule has 0 atom stereocenters. The second-order valence-corrected chi connectivity index (χ2v) is 6.22. The van der Waals surface area contributed by atoms with Gasteiger partial charge in [-0.1, -0.05) is 12.2 Å². The minimum atomic E-state index is -1.15. The smallest absolute Gasteiger partial charge is 0.331 e. The van der Waals surface area contributed by atoms with Crippen molar-refractivity contribution in [2.75, 3.05) is 26.8 Å². The number of Topliss-reactive ketones (excluding diaryl/α,β-unsaturated/α-hetero) is 1. The molecule has 1 rings (SSSR count). The monoisotopic (exact) mass is 337 g/mol. The van der Waals surface area contributed by atoms with Crippen molar-refractivity contribution in [3.63, 3.8) is 0 Å². The van der Waals surface area contributed by atoms with E-state index >= 15 is 0 Å². The molecule has 0 spiro atoms. The Hall–Kier alpha value is -2.44. The van der Waals surface area contributed by atoms with E-state index in [9.17, 15) is 19.2 Å². The topological polar surface area (TPSA) is 90.0 Å². The average Bonchev–Trinajstić information content (AvgIpc) is 2.57. The van der Waals surface area contributed by atoms with Crippen molar-refractivity contribution in [3.8, 4) is 0 Å². The molecule has 0 N–H and O–H groups in total. The van der Waals surface area contributed by atoms with E-state index in [1.807, 2.05) is 0 Å². The van der Waals surface area contributed by atoms with Gasteiger partial charge in [0.25, 0.3) is 5.91 Å². The van der Waals surface area contributed by atoms with E-state index in [0.717, 1.165) is 17.7 Å². The molecule has 1 amide bonds. The molecule has 1 fully saturated rings. The molecule has 24 heavy (non-hydrogen) atoms. The number of hydrogen-bond acceptors (Lipinski definition) is 6. The lowest BCUT2D eigenvalue weighted by atomic mass is 9.88. The first-order chi connectivity index (χ1) is 11.2. The Morgan fingerprint density at radius 3 is 2.21 bits per heavy atom. The van der Waals surface area contributed by atoms with Crippen LogP contribution in [0.5, 0.6) is 0 Å². The van der Waals surface area contributed by atoms with E-state index in [4.69, 9.17) is 4.74 Å². The highest BCUT2D eigenvalue weighted by molar-refractivity contribution is 6.38. The van der Waals surface area contributed by atoms with Crippen LogP contribution in [0.4, 0.5) is 0 Å². The average molecular weight is 337 g/mol. The zero-order chi connectivity index (χ0) is 18.3. The van der Waals surface area contributed by atoms with Gasteiger partial charge in [0.1, 0.15) is 6.61 Å². The molecule has 0 radical (unpaired) electrons. The van der Waals surface area contributed by atoms with E-state index in [-0.39, 0.29) is 6.61 Å². The largest absolute Gasteiger partial charge is 0.466 e. The van der Waals surface area contributed by atoms with Crippen LogP contribution in [-0.2, 0) is 28.7 Å². The first kappa shape index (κ1) is 19.6. The number of amides is 1. The number of carbonyl (C=O) groups is 4. The zero-order valence-corrected chi connectivity index (χ0v) is 14.3. The summed E-state index contributed by atoms with van der Waals surface area (Å²) in [6, 6.07) is 0. The fraction of sp³-hybridized carbons (Fsp3) is 0.529. The second-order valence-electron chi connectivity index (χ2n) is 6.22. The maximum Gasteiger partial charge on any atom is 0.331 e. The maximum absolute atomic E-state index is 12.4. The van der Waals surface area contributed by atoms with Gasteiger partial charge in [-0.25, -0.2) is 9.59 Å². The normalized spacial score (nSPS) is 15.3. The van der Waals surface area contributed by atoms with Crippen LogP contribution in [0.15, 0.2) is 24.3 Å². The molecule has 1 aliphatic heterocycles. The molecule has 1 aliphatic rings. The van der Waals surface area contributed by atoms with Gasteiger partial charge in [0.15, 0.2) is 0 Å². The molecule has 0 aromatic rings. The molecule has 0 unspecified atom stereocenters. The van der Waals surface area contributed by atoms with Crippen molar-refractivity contribution in [2.45, 2.75) is 26.7 Å². The van der Waals surface area contributed by atoms with Gasteiger partial charge in [0.05, 0.1) is 12.5 Å². The SMILES string of the molecule is C=C1CCN(C(=O)C(=O)C(C)(C)COC(=O)/C=C/C(=O)OC)CC1. The Balaban J connectivity index is 2.57. The standard InChI is InChI=1S/C17H23NO6/c1-12-7-9-18(10-8-12)16(22)15(21)17(2,3)11-24-14(20)6-5-13(19)23-4/h5-6H,1,7-11H2,2-4H3/b6-5+. The number of esters is 2. The van der Waals surface area contributed by atoms with Gasteiger partial charge in [0.2, 0.25) is 5.78 Å². The van der Waals surface area contributed by atoms with Gasteiger partial charge in [-0.05, 0) is 26.7 Å². The van der Waals surface area contributed by atoms with Crippen LogP contribution < -0.4 is 0 Å². The highest BCUT2D eigenvalue weighted by Crippen LogP contribution is 2.21. The van der Waals surface area contributed by atoms with Gasteiger partial charge < -0.3 is 14.4 Å². The quantitative estimate of drug-likeness (QED) is 0.311. The van der Waals surface area contributed by atoms with Gasteiger partial charge in [-0.15, -0.1) is 0 Å². The number of rotatable bonds is 6. The van der Waals surface area contributed by atoms with Gasteiger partial charge >= 0.3 is 11.9 Å². The molecule has 0 saturated carbocycles. The van der Waals surface area contributed by atoms with Crippen molar-refractivity contribution in [1.29, 1.82) is 0 Å². The van der Waals surface area contributed by atoms with Crippen LogP contribution in [-0.4, -0.2) is 55.3 Å². The number of carbonyl (C=O) groups excluding carboxylic acids is 4. The summed E-state index contributed by atoms with van der Waals surface area (Å²) in [6.07, 6.45) is 3.20. The third kappa shape index (κ3) is 5.64. The summed E-state index contributed by atoms with van der Waals surface area (Å²) in [4.78, 5) is 48.5. The number of ether oxygens (including phenoxy) is 2. The molecule has 132 valence electrons. The van der Waals surface area contributed by atoms with Crippen LogP contribution in [0.25, 0.3) is 0 Å². The van der Waals surface area contributed by atoms with E-state index in [2.05, 4.69) is 11.3 Å². The van der Waals surface area contributed by atoms with Gasteiger partial charge in [-0.2, -0.15) is 0 Å². The number of nitrogens with zero attached hydrogens (tertiary/aromatic N) is 1. The summed E-state index contributed by atoms with van der Waals surface area (Å²) in [5.74, 6) is -2.67. The predicted octanol–water partition coefficient (Wildman–Crippen LogP) is 1.03. The second kappa shape index (κ2) is 8.42. The first-order valence-corrected chi connectivity index (χ1v) is 7.60. The highest BCUT2D eigenvalue weighted by atomic mass is 16.5. The fourth-order valence-electron chi connectivity index (χ4n) is 2.03. The number of methoxy groups -OCH3 is 1. The molecule has 0 aliphatic carbocycles. The molecule has 0 aromatic carbocycles. The fourth-order valence-corrected chi connectivity index (χ4v) is 2.03. The first-order valence-electron chi connectivity index (χ1n) is 7.60. The van der Waals surface area contributed by atoms with E-state index < -0.39 is 29.0 Å². The Morgan fingerprint density at radius 2 is 1.67 bits per heavy atom. The van der Waals surface area contributed by atoms with Crippen LogP contribution in [0.3, 0.4) is 0 Å². The van der Waals surface area contributed by atoms with E-state index in [1.54, 1.807) is 0 Å². The number of ketones is 1. The molecule has 7 heteroatoms. The lowest BCUT2D eigenvalue weighted by Gasteiger charge is -2.30. The van der Waals surface area contributed by atoms with Gasteiger partial charge in [0, 0.05) is 25.2 Å². The summed E-state index contributed by atoms with van der Waals surface area (Å²) >= 11 is 0. The third-order valence-corrected chi connectivity index (χ3v) is 3.70. The van der Waals surface area contributed by atoms with Crippen molar-refractivity contribution in [2.24, 2.45) is 5.41 Å². The minimum absolute atomic E-state index is 0.261. The number of hydrogen-bond donors (Lipinski definition) is 0. The third-order valence-electron chi connectivity index (χ3n) is 3.70. The maximum atomic E-state index is 12.4. The molecule has 0 aromatic heterocycles. The lowest BCUT2D eigenvalue weighted by Crippen LogP contribution is -2.46. The van der Waals surface area contributed by atoms with Crippen molar-refractivity contribution in [1.82, 2.24) is 4.90 Å². The van der Waals surface area contributed by atoms with Crippen LogP contribution >= 0.6 is 0 Å². The molecular formula is C17H23NO6.